The maximum Gasteiger partial charge on any atom is 0.252 e. The molecule has 0 radical (unpaired) electrons. The molecule has 0 spiro atoms. The smallest absolute Gasteiger partial charge is 0.252 e. The van der Waals surface area contributed by atoms with Gasteiger partial charge in [0.05, 0.1) is 5.56 Å². The van der Waals surface area contributed by atoms with Gasteiger partial charge in [0.15, 0.2) is 0 Å². The molecule has 0 bridgehead atoms. The van der Waals surface area contributed by atoms with E-state index in [1.54, 1.807) is 24.5 Å². The summed E-state index contributed by atoms with van der Waals surface area (Å²) in [5, 5.41) is 2.86. The molecule has 1 N–H and O–H groups in total. The highest BCUT2D eigenvalue weighted by Crippen LogP contribution is 2.06. The van der Waals surface area contributed by atoms with Crippen molar-refractivity contribution in [3.8, 4) is 0 Å². The topological polar surface area (TPSA) is 42.0 Å². The summed E-state index contributed by atoms with van der Waals surface area (Å²) in [4.78, 5) is 15.5. The molecule has 1 aromatic rings. The van der Waals surface area contributed by atoms with Gasteiger partial charge in [-0.3, -0.25) is 9.78 Å². The largest absolute Gasteiger partial charge is 0.352 e. The predicted molar refractivity (Wildman–Crippen MR) is 65.7 cm³/mol. The number of halogens is 1. The van der Waals surface area contributed by atoms with Crippen LogP contribution in [0.3, 0.4) is 0 Å². The molecule has 0 aliphatic heterocycles. The highest BCUT2D eigenvalue weighted by Gasteiger charge is 2.04. The van der Waals surface area contributed by atoms with E-state index < -0.39 is 0 Å². The molecule has 0 aromatic carbocycles. The number of pyridine rings is 1. The van der Waals surface area contributed by atoms with Gasteiger partial charge >= 0.3 is 0 Å². The first kappa shape index (κ1) is 13.0. The van der Waals surface area contributed by atoms with Crippen LogP contribution in [-0.2, 0) is 0 Å². The van der Waals surface area contributed by atoms with Crippen LogP contribution in [0.2, 0.25) is 0 Å². The molecule has 88 valence electrons. The highest BCUT2D eigenvalue weighted by molar-refractivity contribution is 6.18. The van der Waals surface area contributed by atoms with Crippen molar-refractivity contribution in [1.82, 2.24) is 10.3 Å². The molecule has 1 heterocycles. The van der Waals surface area contributed by atoms with Crippen LogP contribution in [0.25, 0.3) is 0 Å². The second-order valence-corrected chi connectivity index (χ2v) is 4.21. The first-order chi connectivity index (χ1) is 7.74. The zero-order valence-corrected chi connectivity index (χ0v) is 10.2. The molecule has 0 saturated heterocycles. The standard InChI is InChI=1S/C12H17ClN2O/c1-10(8-13)4-2-7-15-12(16)11-5-3-6-14-9-11/h3,5-6,9-10H,2,4,7-8H2,1H3,(H,15,16). The number of nitrogens with zero attached hydrogens (tertiary/aromatic N) is 1. The van der Waals surface area contributed by atoms with Gasteiger partial charge in [-0.2, -0.15) is 0 Å². The number of amides is 1. The molecular formula is C12H17ClN2O. The molecule has 16 heavy (non-hydrogen) atoms. The van der Waals surface area contributed by atoms with Gasteiger partial charge in [-0.05, 0) is 30.9 Å². The van der Waals surface area contributed by atoms with Crippen LogP contribution in [-0.4, -0.2) is 23.3 Å². The van der Waals surface area contributed by atoms with E-state index in [4.69, 9.17) is 11.6 Å². The van der Waals surface area contributed by atoms with E-state index in [0.29, 0.717) is 23.9 Å². The third kappa shape index (κ3) is 4.62. The number of alkyl halides is 1. The molecule has 1 atom stereocenters. The van der Waals surface area contributed by atoms with E-state index in [-0.39, 0.29) is 5.91 Å². The fourth-order valence-electron chi connectivity index (χ4n) is 1.33. The Morgan fingerprint density at radius 1 is 1.62 bits per heavy atom. The fourth-order valence-corrected chi connectivity index (χ4v) is 1.48. The number of rotatable bonds is 6. The molecule has 0 aliphatic rings. The molecule has 0 aliphatic carbocycles. The zero-order valence-electron chi connectivity index (χ0n) is 9.45. The second kappa shape index (κ2) is 7.23. The van der Waals surface area contributed by atoms with Crippen LogP contribution < -0.4 is 5.32 Å². The summed E-state index contributed by atoms with van der Waals surface area (Å²) in [5.74, 6) is 1.12. The van der Waals surface area contributed by atoms with Gasteiger partial charge in [0.2, 0.25) is 0 Å². The minimum absolute atomic E-state index is 0.0633. The van der Waals surface area contributed by atoms with E-state index in [0.717, 1.165) is 12.8 Å². The lowest BCUT2D eigenvalue weighted by atomic mass is 10.1. The minimum atomic E-state index is -0.0633. The molecular weight excluding hydrogens is 224 g/mol. The Morgan fingerprint density at radius 3 is 3.06 bits per heavy atom. The summed E-state index contributed by atoms with van der Waals surface area (Å²) in [6.07, 6.45) is 5.21. The van der Waals surface area contributed by atoms with Crippen molar-refractivity contribution in [2.45, 2.75) is 19.8 Å². The van der Waals surface area contributed by atoms with Crippen LogP contribution in [0.15, 0.2) is 24.5 Å². The molecule has 0 saturated carbocycles. The first-order valence-corrected chi connectivity index (χ1v) is 6.01. The Bertz CT molecular complexity index is 316. The molecule has 1 aromatic heterocycles. The Hall–Kier alpha value is -1.09. The lowest BCUT2D eigenvalue weighted by molar-refractivity contribution is 0.0952. The summed E-state index contributed by atoms with van der Waals surface area (Å²) in [6.45, 7) is 2.80. The van der Waals surface area contributed by atoms with Gasteiger partial charge in [-0.25, -0.2) is 0 Å². The van der Waals surface area contributed by atoms with Crippen molar-refractivity contribution in [3.05, 3.63) is 30.1 Å². The average molecular weight is 241 g/mol. The summed E-state index contributed by atoms with van der Waals surface area (Å²) in [7, 11) is 0. The van der Waals surface area contributed by atoms with E-state index in [2.05, 4.69) is 17.2 Å². The Labute approximate surface area is 101 Å². The predicted octanol–water partition coefficient (Wildman–Crippen LogP) is 2.47. The fraction of sp³-hybridized carbons (Fsp3) is 0.500. The molecule has 1 unspecified atom stereocenters. The molecule has 1 rings (SSSR count). The Morgan fingerprint density at radius 2 is 2.44 bits per heavy atom. The van der Waals surface area contributed by atoms with Crippen LogP contribution in [0.4, 0.5) is 0 Å². The third-order valence-electron chi connectivity index (χ3n) is 2.35. The summed E-state index contributed by atoms with van der Waals surface area (Å²) < 4.78 is 0. The van der Waals surface area contributed by atoms with Gasteiger partial charge in [0.25, 0.3) is 5.91 Å². The highest BCUT2D eigenvalue weighted by atomic mass is 35.5. The van der Waals surface area contributed by atoms with Crippen molar-refractivity contribution in [2.24, 2.45) is 5.92 Å². The maximum absolute atomic E-state index is 11.6. The van der Waals surface area contributed by atoms with Gasteiger partial charge < -0.3 is 5.32 Å². The number of carbonyl (C=O) groups excluding carboxylic acids is 1. The van der Waals surface area contributed by atoms with Gasteiger partial charge in [0, 0.05) is 24.8 Å². The first-order valence-electron chi connectivity index (χ1n) is 5.48. The molecule has 1 amide bonds. The van der Waals surface area contributed by atoms with Crippen LogP contribution in [0.1, 0.15) is 30.1 Å². The summed E-state index contributed by atoms with van der Waals surface area (Å²) in [5.41, 5.74) is 0.605. The van der Waals surface area contributed by atoms with Crippen LogP contribution in [0, 0.1) is 5.92 Å². The second-order valence-electron chi connectivity index (χ2n) is 3.90. The molecule has 4 heteroatoms. The Kier molecular flexibility index (Phi) is 5.86. The van der Waals surface area contributed by atoms with Crippen molar-refractivity contribution in [2.75, 3.05) is 12.4 Å². The van der Waals surface area contributed by atoms with E-state index in [1.165, 1.54) is 0 Å². The number of hydrogen-bond donors (Lipinski definition) is 1. The summed E-state index contributed by atoms with van der Waals surface area (Å²) in [6, 6.07) is 3.51. The zero-order chi connectivity index (χ0) is 11.8. The molecule has 3 nitrogen and oxygen atoms in total. The lowest BCUT2D eigenvalue weighted by Crippen LogP contribution is -2.24. The van der Waals surface area contributed by atoms with Crippen molar-refractivity contribution < 1.29 is 4.79 Å². The van der Waals surface area contributed by atoms with E-state index in [9.17, 15) is 4.79 Å². The van der Waals surface area contributed by atoms with Gasteiger partial charge in [-0.15, -0.1) is 11.6 Å². The van der Waals surface area contributed by atoms with Crippen molar-refractivity contribution in [3.63, 3.8) is 0 Å². The van der Waals surface area contributed by atoms with Crippen molar-refractivity contribution in [1.29, 1.82) is 0 Å². The van der Waals surface area contributed by atoms with E-state index in [1.807, 2.05) is 0 Å². The number of aromatic nitrogens is 1. The van der Waals surface area contributed by atoms with E-state index >= 15 is 0 Å². The summed E-state index contributed by atoms with van der Waals surface area (Å²) >= 11 is 5.69. The number of hydrogen-bond acceptors (Lipinski definition) is 2. The number of nitrogens with one attached hydrogen (secondary N) is 1. The van der Waals surface area contributed by atoms with Crippen molar-refractivity contribution >= 4 is 17.5 Å². The maximum atomic E-state index is 11.6. The monoisotopic (exact) mass is 240 g/mol. The van der Waals surface area contributed by atoms with Crippen LogP contribution >= 0.6 is 11.6 Å². The quantitative estimate of drug-likeness (QED) is 0.613. The number of carbonyl (C=O) groups is 1. The SMILES string of the molecule is CC(CCl)CCCNC(=O)c1cccnc1. The third-order valence-corrected chi connectivity index (χ3v) is 2.87. The lowest BCUT2D eigenvalue weighted by Gasteiger charge is -2.07. The average Bonchev–Trinajstić information content (AvgIpc) is 2.35. The van der Waals surface area contributed by atoms with Gasteiger partial charge in [0.1, 0.15) is 0 Å². The Balaban J connectivity index is 2.21. The van der Waals surface area contributed by atoms with Crippen LogP contribution in [0.5, 0.6) is 0 Å². The van der Waals surface area contributed by atoms with Gasteiger partial charge in [-0.1, -0.05) is 6.92 Å². The minimum Gasteiger partial charge on any atom is -0.352 e. The molecule has 0 fully saturated rings. The normalized spacial score (nSPS) is 12.1.